The molecule has 1 heterocycles. The Bertz CT molecular complexity index is 602. The lowest BCUT2D eigenvalue weighted by atomic mass is 10.2. The monoisotopic (exact) mass is 321 g/mol. The number of sulfonamides is 1. The first-order chi connectivity index (χ1) is 8.97. The van der Waals surface area contributed by atoms with Crippen LogP contribution in [0.5, 0.6) is 5.75 Å². The largest absolute Gasteiger partial charge is 0.573 e. The zero-order valence-corrected chi connectivity index (χ0v) is 10.3. The molecular formula is C8H8F5N3O3S. The molecule has 0 aliphatic rings. The van der Waals surface area contributed by atoms with Crippen LogP contribution in [0.1, 0.15) is 17.7 Å². The maximum Gasteiger partial charge on any atom is 0.573 e. The molecule has 0 unspecified atom stereocenters. The number of hydrogen-bond donors (Lipinski definition) is 2. The molecule has 6 nitrogen and oxygen atoms in total. The third-order valence-corrected chi connectivity index (χ3v) is 3.01. The molecule has 12 heteroatoms. The molecule has 114 valence electrons. The number of pyridine rings is 1. The van der Waals surface area contributed by atoms with Gasteiger partial charge in [-0.15, -0.1) is 13.2 Å². The van der Waals surface area contributed by atoms with Gasteiger partial charge >= 0.3 is 6.36 Å². The van der Waals surface area contributed by atoms with Gasteiger partial charge in [0.1, 0.15) is 4.90 Å². The van der Waals surface area contributed by atoms with E-state index in [1.807, 2.05) is 0 Å². The van der Waals surface area contributed by atoms with E-state index in [-0.39, 0.29) is 0 Å². The Kier molecular flexibility index (Phi) is 4.51. The van der Waals surface area contributed by atoms with Gasteiger partial charge in [0.15, 0.2) is 5.75 Å². The van der Waals surface area contributed by atoms with Crippen molar-refractivity contribution in [2.75, 3.05) is 0 Å². The molecule has 0 radical (unpaired) electrons. The summed E-state index contributed by atoms with van der Waals surface area (Å²) >= 11 is 0. The van der Waals surface area contributed by atoms with Crippen molar-refractivity contribution >= 4 is 10.0 Å². The molecule has 0 atom stereocenters. The minimum absolute atomic E-state index is 0.350. The van der Waals surface area contributed by atoms with E-state index in [1.165, 1.54) is 0 Å². The summed E-state index contributed by atoms with van der Waals surface area (Å²) in [5.74, 6) is -1.62. The summed E-state index contributed by atoms with van der Waals surface area (Å²) in [6.07, 6.45) is -8.49. The van der Waals surface area contributed by atoms with E-state index >= 15 is 0 Å². The zero-order valence-electron chi connectivity index (χ0n) is 9.49. The first-order valence-corrected chi connectivity index (χ1v) is 6.30. The first kappa shape index (κ1) is 16.5. The van der Waals surface area contributed by atoms with Crippen LogP contribution in [-0.4, -0.2) is 19.8 Å². The fourth-order valence-electron chi connectivity index (χ4n) is 1.34. The van der Waals surface area contributed by atoms with Crippen molar-refractivity contribution in [1.29, 1.82) is 0 Å². The van der Waals surface area contributed by atoms with Gasteiger partial charge in [-0.05, 0) is 0 Å². The molecule has 1 aromatic rings. The van der Waals surface area contributed by atoms with Gasteiger partial charge < -0.3 is 10.5 Å². The maximum absolute atomic E-state index is 12.7. The molecule has 0 bridgehead atoms. The van der Waals surface area contributed by atoms with Gasteiger partial charge in [0.2, 0.25) is 10.0 Å². The Morgan fingerprint density at radius 1 is 1.35 bits per heavy atom. The molecule has 4 N–H and O–H groups in total. The van der Waals surface area contributed by atoms with Crippen LogP contribution in [0.4, 0.5) is 22.0 Å². The van der Waals surface area contributed by atoms with Crippen LogP contribution in [-0.2, 0) is 16.6 Å². The van der Waals surface area contributed by atoms with E-state index < -0.39 is 51.3 Å². The molecule has 0 aliphatic carbocycles. The lowest BCUT2D eigenvalue weighted by Gasteiger charge is -2.17. The summed E-state index contributed by atoms with van der Waals surface area (Å²) in [5.41, 5.74) is 3.13. The smallest absolute Gasteiger partial charge is 0.404 e. The third kappa shape index (κ3) is 3.74. The van der Waals surface area contributed by atoms with Gasteiger partial charge in [-0.3, -0.25) is 4.98 Å². The van der Waals surface area contributed by atoms with Crippen molar-refractivity contribution in [3.05, 3.63) is 17.5 Å². The SMILES string of the molecule is NCc1ncc(C(F)F)c(OC(F)(F)F)c1S(N)(=O)=O. The van der Waals surface area contributed by atoms with Gasteiger partial charge in [-0.1, -0.05) is 0 Å². The zero-order chi connectivity index (χ0) is 15.7. The predicted molar refractivity (Wildman–Crippen MR) is 55.1 cm³/mol. The average Bonchev–Trinajstić information content (AvgIpc) is 2.23. The Balaban J connectivity index is 3.70. The fourth-order valence-corrected chi connectivity index (χ4v) is 2.22. The standard InChI is InChI=1S/C8H8F5N3O3S/c9-7(10)3-2-16-4(1-14)6(20(15,17)18)5(3)19-8(11,12)13/h2,7H,1,14H2,(H2,15,17,18). The minimum Gasteiger partial charge on any atom is -0.404 e. The van der Waals surface area contributed by atoms with Crippen molar-refractivity contribution in [3.63, 3.8) is 0 Å². The summed E-state index contributed by atoms with van der Waals surface area (Å²) in [6.45, 7) is -0.635. The van der Waals surface area contributed by atoms with Crippen molar-refractivity contribution in [2.24, 2.45) is 10.9 Å². The fraction of sp³-hybridized carbons (Fsp3) is 0.375. The highest BCUT2D eigenvalue weighted by atomic mass is 32.2. The van der Waals surface area contributed by atoms with Crippen LogP contribution in [0.3, 0.4) is 0 Å². The van der Waals surface area contributed by atoms with Crippen LogP contribution in [0.25, 0.3) is 0 Å². The number of ether oxygens (including phenoxy) is 1. The molecular weight excluding hydrogens is 313 g/mol. The van der Waals surface area contributed by atoms with E-state index in [1.54, 1.807) is 0 Å². The van der Waals surface area contributed by atoms with Crippen LogP contribution in [0.15, 0.2) is 11.1 Å². The Morgan fingerprint density at radius 3 is 2.25 bits per heavy atom. The molecule has 0 saturated heterocycles. The van der Waals surface area contributed by atoms with Crippen molar-refractivity contribution in [2.45, 2.75) is 24.2 Å². The van der Waals surface area contributed by atoms with Crippen molar-refractivity contribution in [1.82, 2.24) is 4.98 Å². The van der Waals surface area contributed by atoms with Gasteiger partial charge in [-0.2, -0.15) is 0 Å². The highest BCUT2D eigenvalue weighted by Gasteiger charge is 2.37. The number of primary sulfonamides is 1. The average molecular weight is 321 g/mol. The lowest BCUT2D eigenvalue weighted by Crippen LogP contribution is -2.24. The van der Waals surface area contributed by atoms with Gasteiger partial charge in [-0.25, -0.2) is 22.3 Å². The molecule has 20 heavy (non-hydrogen) atoms. The molecule has 0 aromatic carbocycles. The number of rotatable bonds is 4. The topological polar surface area (TPSA) is 108 Å². The van der Waals surface area contributed by atoms with Gasteiger partial charge in [0, 0.05) is 12.7 Å². The quantitative estimate of drug-likeness (QED) is 0.805. The van der Waals surface area contributed by atoms with E-state index in [9.17, 15) is 30.4 Å². The van der Waals surface area contributed by atoms with Gasteiger partial charge in [0.05, 0.1) is 11.3 Å². The molecule has 0 spiro atoms. The molecule has 0 amide bonds. The summed E-state index contributed by atoms with van der Waals surface area (Å²) < 4.78 is 87.9. The third-order valence-electron chi connectivity index (χ3n) is 2.02. The second kappa shape index (κ2) is 5.46. The highest BCUT2D eigenvalue weighted by Crippen LogP contribution is 2.38. The first-order valence-electron chi connectivity index (χ1n) is 4.76. The van der Waals surface area contributed by atoms with E-state index in [0.717, 1.165) is 0 Å². The van der Waals surface area contributed by atoms with E-state index in [4.69, 9.17) is 10.9 Å². The predicted octanol–water partition coefficient (Wildman–Crippen LogP) is 1.02. The van der Waals surface area contributed by atoms with E-state index in [2.05, 4.69) is 9.72 Å². The Labute approximate surface area is 109 Å². The Morgan fingerprint density at radius 2 is 1.90 bits per heavy atom. The second-order valence-corrected chi connectivity index (χ2v) is 4.91. The van der Waals surface area contributed by atoms with Crippen molar-refractivity contribution in [3.8, 4) is 5.75 Å². The van der Waals surface area contributed by atoms with Crippen LogP contribution < -0.4 is 15.6 Å². The van der Waals surface area contributed by atoms with Gasteiger partial charge in [0.25, 0.3) is 6.43 Å². The molecule has 1 rings (SSSR count). The summed E-state index contributed by atoms with van der Waals surface area (Å²) in [5, 5.41) is 4.71. The van der Waals surface area contributed by atoms with Crippen LogP contribution in [0.2, 0.25) is 0 Å². The van der Waals surface area contributed by atoms with E-state index in [0.29, 0.717) is 6.20 Å². The molecule has 0 fully saturated rings. The van der Waals surface area contributed by atoms with Crippen LogP contribution in [0, 0.1) is 0 Å². The van der Waals surface area contributed by atoms with Crippen molar-refractivity contribution < 1.29 is 35.1 Å². The number of hydrogen-bond acceptors (Lipinski definition) is 5. The molecule has 0 saturated carbocycles. The Hall–Kier alpha value is -1.53. The normalized spacial score (nSPS) is 12.8. The highest BCUT2D eigenvalue weighted by molar-refractivity contribution is 7.89. The number of nitrogens with zero attached hydrogens (tertiary/aromatic N) is 1. The number of nitrogens with two attached hydrogens (primary N) is 2. The van der Waals surface area contributed by atoms with Crippen LogP contribution >= 0.6 is 0 Å². The minimum atomic E-state index is -5.39. The number of aromatic nitrogens is 1. The summed E-state index contributed by atoms with van der Waals surface area (Å²) in [7, 11) is -4.81. The molecule has 1 aromatic heterocycles. The number of alkyl halides is 5. The number of halogens is 5. The lowest BCUT2D eigenvalue weighted by molar-refractivity contribution is -0.276. The molecule has 0 aliphatic heterocycles. The maximum atomic E-state index is 12.7. The summed E-state index contributed by atoms with van der Waals surface area (Å²) in [6, 6.07) is 0. The second-order valence-electron chi connectivity index (χ2n) is 3.42. The summed E-state index contributed by atoms with van der Waals surface area (Å²) in [4.78, 5) is 1.95.